The van der Waals surface area contributed by atoms with Crippen LogP contribution in [0.5, 0.6) is 0 Å². The summed E-state index contributed by atoms with van der Waals surface area (Å²) in [6.45, 7) is 13.2. The van der Waals surface area contributed by atoms with Crippen molar-refractivity contribution in [2.24, 2.45) is 16.6 Å². The summed E-state index contributed by atoms with van der Waals surface area (Å²) in [6, 6.07) is 0. The Labute approximate surface area is 107 Å². The standard InChI is InChI=1S/C14H31N3/c1-13(2,3)11-17(6)10-8-7-9-14(4,5)12(15)16/h7-11H2,1-6H3,(H3,15,16). The van der Waals surface area contributed by atoms with Gasteiger partial charge in [0.25, 0.3) is 0 Å². The molecule has 0 heterocycles. The molecule has 0 saturated heterocycles. The van der Waals surface area contributed by atoms with E-state index in [1.165, 1.54) is 6.42 Å². The number of nitrogens with two attached hydrogens (primary N) is 1. The molecule has 0 fully saturated rings. The fraction of sp³-hybridized carbons (Fsp3) is 0.929. The van der Waals surface area contributed by atoms with E-state index < -0.39 is 0 Å². The maximum atomic E-state index is 7.50. The van der Waals surface area contributed by atoms with Crippen molar-refractivity contribution in [2.75, 3.05) is 20.1 Å². The smallest absolute Gasteiger partial charge is 0.0963 e. The summed E-state index contributed by atoms with van der Waals surface area (Å²) >= 11 is 0. The lowest BCUT2D eigenvalue weighted by Gasteiger charge is -2.27. The highest BCUT2D eigenvalue weighted by molar-refractivity contribution is 5.82. The van der Waals surface area contributed by atoms with Crippen molar-refractivity contribution in [3.63, 3.8) is 0 Å². The number of unbranched alkanes of at least 4 members (excludes halogenated alkanes) is 1. The van der Waals surface area contributed by atoms with Crippen molar-refractivity contribution in [3.8, 4) is 0 Å². The zero-order valence-electron chi connectivity index (χ0n) is 12.6. The third-order valence-electron chi connectivity index (χ3n) is 3.06. The molecule has 3 nitrogen and oxygen atoms in total. The first-order valence-corrected chi connectivity index (χ1v) is 6.58. The van der Waals surface area contributed by atoms with E-state index in [4.69, 9.17) is 11.1 Å². The number of amidine groups is 1. The predicted molar refractivity (Wildman–Crippen MR) is 76.5 cm³/mol. The van der Waals surface area contributed by atoms with Gasteiger partial charge in [0.1, 0.15) is 0 Å². The van der Waals surface area contributed by atoms with Crippen LogP contribution in [0.2, 0.25) is 0 Å². The lowest BCUT2D eigenvalue weighted by atomic mass is 9.86. The minimum Gasteiger partial charge on any atom is -0.387 e. The van der Waals surface area contributed by atoms with Gasteiger partial charge in [0.2, 0.25) is 0 Å². The Morgan fingerprint density at radius 2 is 1.65 bits per heavy atom. The van der Waals surface area contributed by atoms with Crippen molar-refractivity contribution in [1.82, 2.24) is 4.90 Å². The van der Waals surface area contributed by atoms with Gasteiger partial charge in [-0.25, -0.2) is 0 Å². The van der Waals surface area contributed by atoms with Crippen LogP contribution in [0.1, 0.15) is 53.9 Å². The molecule has 0 amide bonds. The van der Waals surface area contributed by atoms with E-state index in [0.29, 0.717) is 11.3 Å². The Kier molecular flexibility index (Phi) is 6.17. The summed E-state index contributed by atoms with van der Waals surface area (Å²) in [5.41, 5.74) is 5.80. The molecule has 0 bridgehead atoms. The molecule has 0 atom stereocenters. The van der Waals surface area contributed by atoms with Crippen LogP contribution in [0, 0.1) is 16.2 Å². The molecule has 0 unspecified atom stereocenters. The van der Waals surface area contributed by atoms with Gasteiger partial charge < -0.3 is 10.6 Å². The van der Waals surface area contributed by atoms with E-state index in [1.807, 2.05) is 13.8 Å². The SMILES string of the molecule is CN(CCCCC(C)(C)C(=N)N)CC(C)(C)C. The van der Waals surface area contributed by atoms with Crippen LogP contribution in [0.4, 0.5) is 0 Å². The Bertz CT molecular complexity index is 238. The van der Waals surface area contributed by atoms with Gasteiger partial charge in [0.05, 0.1) is 5.84 Å². The van der Waals surface area contributed by atoms with Gasteiger partial charge in [-0.1, -0.05) is 41.0 Å². The van der Waals surface area contributed by atoms with Crippen molar-refractivity contribution >= 4 is 5.84 Å². The largest absolute Gasteiger partial charge is 0.387 e. The molecule has 102 valence electrons. The van der Waals surface area contributed by atoms with Crippen molar-refractivity contribution < 1.29 is 0 Å². The Balaban J connectivity index is 3.75. The molecule has 0 spiro atoms. The molecular formula is C14H31N3. The van der Waals surface area contributed by atoms with Gasteiger partial charge >= 0.3 is 0 Å². The molecule has 17 heavy (non-hydrogen) atoms. The molecule has 0 aromatic heterocycles. The van der Waals surface area contributed by atoms with Crippen LogP contribution in [-0.4, -0.2) is 30.9 Å². The maximum absolute atomic E-state index is 7.50. The van der Waals surface area contributed by atoms with E-state index in [-0.39, 0.29) is 5.41 Å². The van der Waals surface area contributed by atoms with E-state index >= 15 is 0 Å². The van der Waals surface area contributed by atoms with Crippen LogP contribution >= 0.6 is 0 Å². The monoisotopic (exact) mass is 241 g/mol. The normalized spacial score (nSPS) is 13.1. The molecule has 0 aromatic carbocycles. The predicted octanol–water partition coefficient (Wildman–Crippen LogP) is 3.10. The van der Waals surface area contributed by atoms with E-state index in [0.717, 1.165) is 25.9 Å². The topological polar surface area (TPSA) is 53.1 Å². The summed E-state index contributed by atoms with van der Waals surface area (Å²) < 4.78 is 0. The molecule has 0 saturated carbocycles. The third-order valence-corrected chi connectivity index (χ3v) is 3.06. The van der Waals surface area contributed by atoms with Gasteiger partial charge in [0.15, 0.2) is 0 Å². The van der Waals surface area contributed by atoms with Gasteiger partial charge in [0, 0.05) is 12.0 Å². The Morgan fingerprint density at radius 1 is 1.12 bits per heavy atom. The molecule has 0 aliphatic rings. The highest BCUT2D eigenvalue weighted by Gasteiger charge is 2.20. The van der Waals surface area contributed by atoms with Gasteiger partial charge in [-0.05, 0) is 31.8 Å². The minimum atomic E-state index is -0.136. The summed E-state index contributed by atoms with van der Waals surface area (Å²) in [5.74, 6) is 0.306. The highest BCUT2D eigenvalue weighted by Crippen LogP contribution is 2.23. The second-order valence-corrected chi connectivity index (χ2v) is 7.05. The summed E-state index contributed by atoms with van der Waals surface area (Å²) in [6.07, 6.45) is 3.33. The quantitative estimate of drug-likeness (QED) is 0.409. The minimum absolute atomic E-state index is 0.136. The zero-order valence-corrected chi connectivity index (χ0v) is 12.6. The summed E-state index contributed by atoms with van der Waals surface area (Å²) in [7, 11) is 2.18. The Morgan fingerprint density at radius 3 is 2.06 bits per heavy atom. The lowest BCUT2D eigenvalue weighted by molar-refractivity contribution is 0.221. The maximum Gasteiger partial charge on any atom is 0.0963 e. The second-order valence-electron chi connectivity index (χ2n) is 7.05. The van der Waals surface area contributed by atoms with Gasteiger partial charge in [-0.15, -0.1) is 0 Å². The first kappa shape index (κ1) is 16.4. The average molecular weight is 241 g/mol. The van der Waals surface area contributed by atoms with Gasteiger partial charge in [-0.3, -0.25) is 5.41 Å². The molecule has 0 aliphatic carbocycles. The number of hydrogen-bond donors (Lipinski definition) is 2. The van der Waals surface area contributed by atoms with E-state index in [2.05, 4.69) is 32.7 Å². The van der Waals surface area contributed by atoms with Crippen LogP contribution in [0.3, 0.4) is 0 Å². The van der Waals surface area contributed by atoms with Crippen molar-refractivity contribution in [1.29, 1.82) is 5.41 Å². The second kappa shape index (κ2) is 6.39. The third kappa shape index (κ3) is 8.19. The van der Waals surface area contributed by atoms with Crippen LogP contribution in [0.25, 0.3) is 0 Å². The average Bonchev–Trinajstić information content (AvgIpc) is 2.09. The molecule has 0 aromatic rings. The highest BCUT2D eigenvalue weighted by atomic mass is 15.1. The van der Waals surface area contributed by atoms with E-state index in [9.17, 15) is 0 Å². The molecule has 0 aliphatic heterocycles. The van der Waals surface area contributed by atoms with Crippen LogP contribution in [0.15, 0.2) is 0 Å². The summed E-state index contributed by atoms with van der Waals surface area (Å²) in [5, 5.41) is 7.50. The number of nitrogens with zero attached hydrogens (tertiary/aromatic N) is 1. The van der Waals surface area contributed by atoms with Gasteiger partial charge in [-0.2, -0.15) is 0 Å². The Hall–Kier alpha value is -0.570. The van der Waals surface area contributed by atoms with E-state index in [1.54, 1.807) is 0 Å². The number of rotatable bonds is 7. The number of hydrogen-bond acceptors (Lipinski definition) is 2. The molecular weight excluding hydrogens is 210 g/mol. The van der Waals surface area contributed by atoms with Crippen molar-refractivity contribution in [2.45, 2.75) is 53.9 Å². The molecule has 3 heteroatoms. The first-order valence-electron chi connectivity index (χ1n) is 6.58. The summed E-state index contributed by atoms with van der Waals surface area (Å²) in [4.78, 5) is 2.39. The lowest BCUT2D eigenvalue weighted by Crippen LogP contribution is -2.32. The van der Waals surface area contributed by atoms with Crippen LogP contribution in [-0.2, 0) is 0 Å². The fourth-order valence-corrected chi connectivity index (χ4v) is 1.97. The molecule has 3 N–H and O–H groups in total. The van der Waals surface area contributed by atoms with Crippen LogP contribution < -0.4 is 5.73 Å². The van der Waals surface area contributed by atoms with Crippen molar-refractivity contribution in [3.05, 3.63) is 0 Å². The number of nitrogens with one attached hydrogen (secondary N) is 1. The zero-order chi connectivity index (χ0) is 13.7. The fourth-order valence-electron chi connectivity index (χ4n) is 1.97. The molecule has 0 rings (SSSR count). The first-order chi connectivity index (χ1) is 7.54. The molecule has 0 radical (unpaired) electrons.